The van der Waals surface area contributed by atoms with E-state index in [0.29, 0.717) is 22.4 Å². The first-order valence-corrected chi connectivity index (χ1v) is 9.38. The zero-order valence-electron chi connectivity index (χ0n) is 15.1. The van der Waals surface area contributed by atoms with Gasteiger partial charge in [-0.25, -0.2) is 14.8 Å². The number of ether oxygens (including phenoxy) is 1. The number of nitro groups is 1. The Morgan fingerprint density at radius 2 is 2.10 bits per heavy atom. The van der Waals surface area contributed by atoms with Gasteiger partial charge in [0.25, 0.3) is 11.6 Å². The number of aromatic nitrogens is 2. The molecule has 4 rings (SSSR count). The number of carbonyl (C=O) groups is 2. The number of benzene rings is 2. The van der Waals surface area contributed by atoms with Crippen LogP contribution in [0.25, 0.3) is 22.4 Å². The molecule has 150 valence electrons. The van der Waals surface area contributed by atoms with Crippen molar-refractivity contribution in [2.75, 3.05) is 11.9 Å². The van der Waals surface area contributed by atoms with E-state index in [0.717, 1.165) is 11.3 Å². The molecule has 0 saturated heterocycles. The van der Waals surface area contributed by atoms with Crippen LogP contribution >= 0.6 is 11.3 Å². The normalized spacial score (nSPS) is 10.7. The van der Waals surface area contributed by atoms with Crippen molar-refractivity contribution >= 4 is 45.1 Å². The van der Waals surface area contributed by atoms with Crippen molar-refractivity contribution in [2.45, 2.75) is 0 Å². The summed E-state index contributed by atoms with van der Waals surface area (Å²) < 4.78 is 10.1. The average molecular weight is 424 g/mol. The molecule has 30 heavy (non-hydrogen) atoms. The first-order chi connectivity index (χ1) is 14.5. The van der Waals surface area contributed by atoms with Gasteiger partial charge in [0, 0.05) is 23.1 Å². The summed E-state index contributed by atoms with van der Waals surface area (Å²) in [6.07, 6.45) is 1.27. The fourth-order valence-electron chi connectivity index (χ4n) is 2.59. The highest BCUT2D eigenvalue weighted by Gasteiger charge is 2.14. The molecule has 0 aliphatic rings. The fourth-order valence-corrected chi connectivity index (χ4v) is 3.33. The Labute approximate surface area is 172 Å². The van der Waals surface area contributed by atoms with Crippen LogP contribution in [-0.2, 0) is 9.53 Å². The highest BCUT2D eigenvalue weighted by molar-refractivity contribution is 7.14. The fraction of sp³-hybridized carbons (Fsp3) is 0.0526. The zero-order chi connectivity index (χ0) is 21.1. The highest BCUT2D eigenvalue weighted by Crippen LogP contribution is 2.27. The van der Waals surface area contributed by atoms with Crippen LogP contribution in [0.5, 0.6) is 0 Å². The van der Waals surface area contributed by atoms with Crippen LogP contribution < -0.4 is 5.32 Å². The second-order valence-electron chi connectivity index (χ2n) is 6.00. The lowest BCUT2D eigenvalue weighted by Crippen LogP contribution is -2.20. The minimum Gasteiger partial charge on any atom is -0.452 e. The SMILES string of the molecule is O=C(COC(=O)c1ccc2ncoc2c1)Nc1nc(-c2cccc([N+](=O)[O-])c2)cs1. The number of rotatable bonds is 6. The van der Waals surface area contributed by atoms with Gasteiger partial charge in [-0.3, -0.25) is 20.2 Å². The second kappa shape index (κ2) is 8.09. The Kier molecular flexibility index (Phi) is 5.18. The molecular weight excluding hydrogens is 412 g/mol. The highest BCUT2D eigenvalue weighted by atomic mass is 32.1. The number of amides is 1. The smallest absolute Gasteiger partial charge is 0.338 e. The molecule has 0 radical (unpaired) electrons. The topological polar surface area (TPSA) is 137 Å². The predicted molar refractivity (Wildman–Crippen MR) is 107 cm³/mol. The van der Waals surface area contributed by atoms with E-state index in [9.17, 15) is 19.7 Å². The molecule has 1 amide bonds. The number of anilines is 1. The number of hydrogen-bond acceptors (Lipinski definition) is 9. The van der Waals surface area contributed by atoms with Gasteiger partial charge in [0.2, 0.25) is 0 Å². The molecule has 0 unspecified atom stereocenters. The van der Waals surface area contributed by atoms with E-state index in [-0.39, 0.29) is 16.4 Å². The maximum atomic E-state index is 12.1. The van der Waals surface area contributed by atoms with Crippen molar-refractivity contribution < 1.29 is 23.7 Å². The number of nitrogens with zero attached hydrogens (tertiary/aromatic N) is 3. The van der Waals surface area contributed by atoms with E-state index in [2.05, 4.69) is 15.3 Å². The van der Waals surface area contributed by atoms with E-state index >= 15 is 0 Å². The Balaban J connectivity index is 1.36. The standard InChI is InChI=1S/C19H12N4O6S/c24-17(8-28-18(25)12-4-5-14-16(7-12)29-10-20-14)22-19-21-15(9-30-19)11-2-1-3-13(6-11)23(26)27/h1-7,9-10H,8H2,(H,21,22,24). The number of nitrogens with one attached hydrogen (secondary N) is 1. The maximum Gasteiger partial charge on any atom is 0.338 e. The summed E-state index contributed by atoms with van der Waals surface area (Å²) in [4.78, 5) is 42.8. The number of thiazole rings is 1. The van der Waals surface area contributed by atoms with Crippen LogP contribution in [-0.4, -0.2) is 33.4 Å². The molecule has 11 heteroatoms. The Morgan fingerprint density at radius 3 is 2.93 bits per heavy atom. The number of esters is 1. The van der Waals surface area contributed by atoms with Gasteiger partial charge in [-0.15, -0.1) is 11.3 Å². The van der Waals surface area contributed by atoms with Gasteiger partial charge < -0.3 is 9.15 Å². The van der Waals surface area contributed by atoms with Gasteiger partial charge in [-0.2, -0.15) is 0 Å². The summed E-state index contributed by atoms with van der Waals surface area (Å²) in [5, 5.41) is 15.4. The van der Waals surface area contributed by atoms with Gasteiger partial charge in [-0.1, -0.05) is 12.1 Å². The molecule has 0 spiro atoms. The predicted octanol–water partition coefficient (Wildman–Crippen LogP) is 3.66. The zero-order valence-corrected chi connectivity index (χ0v) is 15.9. The molecule has 0 fully saturated rings. The van der Waals surface area contributed by atoms with Gasteiger partial charge in [0.15, 0.2) is 23.7 Å². The van der Waals surface area contributed by atoms with Crippen molar-refractivity contribution in [3.05, 3.63) is 69.9 Å². The third kappa shape index (κ3) is 4.15. The molecule has 10 nitrogen and oxygen atoms in total. The maximum absolute atomic E-state index is 12.1. The average Bonchev–Trinajstić information content (AvgIpc) is 3.41. The second-order valence-corrected chi connectivity index (χ2v) is 6.86. The summed E-state index contributed by atoms with van der Waals surface area (Å²) in [5.74, 6) is -1.25. The first-order valence-electron chi connectivity index (χ1n) is 8.50. The minimum absolute atomic E-state index is 0.0542. The van der Waals surface area contributed by atoms with Crippen LogP contribution in [0.2, 0.25) is 0 Å². The summed E-state index contributed by atoms with van der Waals surface area (Å²) in [6, 6.07) is 10.6. The van der Waals surface area contributed by atoms with Crippen molar-refractivity contribution in [3.8, 4) is 11.3 Å². The van der Waals surface area contributed by atoms with E-state index in [4.69, 9.17) is 9.15 Å². The van der Waals surface area contributed by atoms with Gasteiger partial charge >= 0.3 is 5.97 Å². The third-order valence-electron chi connectivity index (χ3n) is 4.00. The van der Waals surface area contributed by atoms with E-state index in [1.165, 1.54) is 30.7 Å². The molecule has 0 bridgehead atoms. The lowest BCUT2D eigenvalue weighted by Gasteiger charge is -2.04. The van der Waals surface area contributed by atoms with Gasteiger partial charge in [0.05, 0.1) is 16.2 Å². The molecule has 4 aromatic rings. The molecule has 0 atom stereocenters. The van der Waals surface area contributed by atoms with Crippen LogP contribution in [0.3, 0.4) is 0 Å². The number of oxazole rings is 1. The summed E-state index contributed by atoms with van der Waals surface area (Å²) >= 11 is 1.15. The van der Waals surface area contributed by atoms with Crippen LogP contribution in [0.15, 0.2) is 58.7 Å². The lowest BCUT2D eigenvalue weighted by atomic mass is 10.1. The third-order valence-corrected chi connectivity index (χ3v) is 4.76. The van der Waals surface area contributed by atoms with Crippen LogP contribution in [0, 0.1) is 10.1 Å². The number of hydrogen-bond donors (Lipinski definition) is 1. The van der Waals surface area contributed by atoms with Crippen molar-refractivity contribution in [3.63, 3.8) is 0 Å². The number of nitro benzene ring substituents is 1. The van der Waals surface area contributed by atoms with Gasteiger partial charge in [0.1, 0.15) is 5.52 Å². The molecule has 0 aliphatic carbocycles. The summed E-state index contributed by atoms with van der Waals surface area (Å²) in [7, 11) is 0. The van der Waals surface area contributed by atoms with E-state index < -0.39 is 23.4 Å². The molecule has 0 aliphatic heterocycles. The Bertz CT molecular complexity index is 1260. The summed E-state index contributed by atoms with van der Waals surface area (Å²) in [5.41, 5.74) is 2.25. The minimum atomic E-state index is -0.681. The lowest BCUT2D eigenvalue weighted by molar-refractivity contribution is -0.384. The quantitative estimate of drug-likeness (QED) is 0.281. The van der Waals surface area contributed by atoms with Crippen LogP contribution in [0.1, 0.15) is 10.4 Å². The molecular formula is C19H12N4O6S. The Morgan fingerprint density at radius 1 is 1.23 bits per heavy atom. The number of carbonyl (C=O) groups excluding carboxylic acids is 2. The van der Waals surface area contributed by atoms with Gasteiger partial charge in [-0.05, 0) is 18.2 Å². The molecule has 0 saturated carbocycles. The molecule has 2 aromatic carbocycles. The number of fused-ring (bicyclic) bond motifs is 1. The van der Waals surface area contributed by atoms with Crippen LogP contribution in [0.4, 0.5) is 10.8 Å². The largest absolute Gasteiger partial charge is 0.452 e. The van der Waals surface area contributed by atoms with Crippen molar-refractivity contribution in [1.82, 2.24) is 9.97 Å². The Hall–Kier alpha value is -4.12. The summed E-state index contributed by atoms with van der Waals surface area (Å²) in [6.45, 7) is -0.501. The monoisotopic (exact) mass is 424 g/mol. The molecule has 1 N–H and O–H groups in total. The van der Waals surface area contributed by atoms with Crippen molar-refractivity contribution in [1.29, 1.82) is 0 Å². The molecule has 2 aromatic heterocycles. The first kappa shape index (κ1) is 19.2. The van der Waals surface area contributed by atoms with E-state index in [1.807, 2.05) is 0 Å². The molecule has 2 heterocycles. The number of non-ortho nitro benzene ring substituents is 1. The van der Waals surface area contributed by atoms with Crippen molar-refractivity contribution in [2.24, 2.45) is 0 Å². The van der Waals surface area contributed by atoms with E-state index in [1.54, 1.807) is 23.6 Å².